The molecule has 0 aliphatic rings. The summed E-state index contributed by atoms with van der Waals surface area (Å²) in [5.74, 6) is 0.237. The van der Waals surface area contributed by atoms with Gasteiger partial charge in [0.2, 0.25) is 11.8 Å². The van der Waals surface area contributed by atoms with Crippen molar-refractivity contribution in [3.63, 3.8) is 0 Å². The van der Waals surface area contributed by atoms with Gasteiger partial charge in [-0.1, -0.05) is 192 Å². The predicted octanol–water partition coefficient (Wildman–Crippen LogP) is 14.8. The molecule has 0 bridgehead atoms. The molecule has 0 heterocycles. The first kappa shape index (κ1) is 49.4. The Labute approximate surface area is 320 Å². The predicted molar refractivity (Wildman–Crippen MR) is 226 cm³/mol. The van der Waals surface area contributed by atoms with Gasteiger partial charge in [0.1, 0.15) is 0 Å². The van der Waals surface area contributed by atoms with Crippen molar-refractivity contribution in [3.05, 3.63) is 24.3 Å². The van der Waals surface area contributed by atoms with Crippen molar-refractivity contribution in [3.8, 4) is 0 Å². The van der Waals surface area contributed by atoms with Crippen LogP contribution in [0.4, 0.5) is 0 Å². The molecule has 4 heteroatoms. The Kier molecular flexibility index (Phi) is 41.5. The van der Waals surface area contributed by atoms with E-state index in [9.17, 15) is 9.59 Å². The molecule has 0 aliphatic heterocycles. The number of carbonyl (C=O) groups excluding carboxylic acids is 2. The minimum Gasteiger partial charge on any atom is -0.354 e. The van der Waals surface area contributed by atoms with Crippen LogP contribution in [-0.4, -0.2) is 24.4 Å². The number of nitrogens with one attached hydrogen (secondary N) is 2. The summed E-state index contributed by atoms with van der Waals surface area (Å²) in [5.41, 5.74) is 0. The fraction of sp³-hybridized carbons (Fsp3) is 0.872. The maximum absolute atomic E-state index is 12.3. The highest BCUT2D eigenvalue weighted by Gasteiger charge is 2.09. The topological polar surface area (TPSA) is 58.2 Å². The monoisotopic (exact) mass is 715 g/mol. The molecule has 0 rings (SSSR count). The van der Waals surface area contributed by atoms with E-state index in [4.69, 9.17) is 0 Å². The molecule has 4 nitrogen and oxygen atoms in total. The average molecular weight is 715 g/mol. The normalized spacial score (nSPS) is 12.3. The van der Waals surface area contributed by atoms with Crippen LogP contribution in [0, 0.1) is 0 Å². The van der Waals surface area contributed by atoms with Crippen LogP contribution in [-0.2, 0) is 9.59 Å². The number of rotatable bonds is 41. The van der Waals surface area contributed by atoms with Crippen LogP contribution in [0.15, 0.2) is 24.3 Å². The number of amides is 2. The van der Waals surface area contributed by atoms with E-state index in [0.29, 0.717) is 19.4 Å². The molecule has 1 atom stereocenters. The van der Waals surface area contributed by atoms with Crippen molar-refractivity contribution in [2.75, 3.05) is 6.54 Å². The molecule has 1 unspecified atom stereocenters. The van der Waals surface area contributed by atoms with Gasteiger partial charge >= 0.3 is 0 Å². The molecule has 0 aliphatic carbocycles. The second-order valence-electron chi connectivity index (χ2n) is 15.8. The van der Waals surface area contributed by atoms with Gasteiger partial charge in [-0.25, -0.2) is 0 Å². The van der Waals surface area contributed by atoms with E-state index in [1.807, 2.05) is 6.92 Å². The van der Waals surface area contributed by atoms with E-state index in [0.717, 1.165) is 25.7 Å². The molecular weight excluding hydrogens is 625 g/mol. The van der Waals surface area contributed by atoms with Crippen LogP contribution in [0.1, 0.15) is 252 Å². The fourth-order valence-electron chi connectivity index (χ4n) is 6.88. The first-order valence-electron chi connectivity index (χ1n) is 23.0. The highest BCUT2D eigenvalue weighted by molar-refractivity contribution is 5.77. The van der Waals surface area contributed by atoms with Gasteiger partial charge in [0.05, 0.1) is 0 Å². The maximum Gasteiger partial charge on any atom is 0.220 e. The summed E-state index contributed by atoms with van der Waals surface area (Å²) >= 11 is 0. The van der Waals surface area contributed by atoms with Gasteiger partial charge in [-0.05, 0) is 71.1 Å². The van der Waals surface area contributed by atoms with Crippen LogP contribution >= 0.6 is 0 Å². The molecule has 0 aromatic rings. The molecule has 0 aromatic heterocycles. The maximum atomic E-state index is 12.3. The lowest BCUT2D eigenvalue weighted by Gasteiger charge is -2.15. The zero-order valence-corrected chi connectivity index (χ0v) is 34.9. The molecule has 300 valence electrons. The summed E-state index contributed by atoms with van der Waals surface area (Å²) < 4.78 is 0. The Hall–Kier alpha value is -1.58. The second kappa shape index (κ2) is 42.8. The summed E-state index contributed by atoms with van der Waals surface area (Å²) in [4.78, 5) is 24.6. The molecule has 51 heavy (non-hydrogen) atoms. The van der Waals surface area contributed by atoms with Crippen LogP contribution in [0.25, 0.3) is 0 Å². The highest BCUT2D eigenvalue weighted by Crippen LogP contribution is 2.14. The molecule has 0 aromatic carbocycles. The van der Waals surface area contributed by atoms with Gasteiger partial charge in [0.25, 0.3) is 0 Å². The molecule has 2 N–H and O–H groups in total. The fourth-order valence-corrected chi connectivity index (χ4v) is 6.88. The molecule has 0 spiro atoms. The Morgan fingerprint density at radius 3 is 1.00 bits per heavy atom. The van der Waals surface area contributed by atoms with E-state index in [1.165, 1.54) is 193 Å². The van der Waals surface area contributed by atoms with Crippen molar-refractivity contribution < 1.29 is 9.59 Å². The molecule has 2 amide bonds. The molecule has 0 saturated carbocycles. The van der Waals surface area contributed by atoms with E-state index in [2.05, 4.69) is 48.8 Å². The van der Waals surface area contributed by atoms with E-state index < -0.39 is 0 Å². The van der Waals surface area contributed by atoms with Crippen molar-refractivity contribution >= 4 is 11.8 Å². The smallest absolute Gasteiger partial charge is 0.220 e. The van der Waals surface area contributed by atoms with Crippen LogP contribution < -0.4 is 10.6 Å². The summed E-state index contributed by atoms with van der Waals surface area (Å²) in [6, 6.07) is -0.0154. The summed E-state index contributed by atoms with van der Waals surface area (Å²) in [6.45, 7) is 7.07. The number of hydrogen-bond acceptors (Lipinski definition) is 2. The largest absolute Gasteiger partial charge is 0.354 e. The quantitative estimate of drug-likeness (QED) is 0.0489. The van der Waals surface area contributed by atoms with Crippen molar-refractivity contribution in [2.45, 2.75) is 258 Å². The van der Waals surface area contributed by atoms with Crippen LogP contribution in [0.2, 0.25) is 0 Å². The van der Waals surface area contributed by atoms with Crippen molar-refractivity contribution in [2.24, 2.45) is 0 Å². The van der Waals surface area contributed by atoms with Gasteiger partial charge < -0.3 is 10.6 Å². The molecule has 0 radical (unpaired) electrons. The highest BCUT2D eigenvalue weighted by atomic mass is 16.2. The number of carbonyl (C=O) groups is 2. The third kappa shape index (κ3) is 42.7. The van der Waals surface area contributed by atoms with Crippen molar-refractivity contribution in [1.82, 2.24) is 10.6 Å². The zero-order valence-electron chi connectivity index (χ0n) is 34.9. The van der Waals surface area contributed by atoms with E-state index in [1.54, 1.807) is 0 Å². The van der Waals surface area contributed by atoms with Gasteiger partial charge in [-0.2, -0.15) is 0 Å². The standard InChI is InChI=1S/C47H90N2O2/c1-4-6-8-10-12-14-16-18-20-22-24-26-28-30-32-34-36-38-40-42-46(50)48-44-45(3)49-47(51)43-41-39-37-35-33-31-29-27-25-23-21-19-17-15-13-11-9-7-5-2/h18-21,45H,4-17,22-44H2,1-3H3,(H,48,50)(H,49,51)/b20-18-,21-19-. The number of unbranched alkanes of at least 4 members (excludes halogenated alkanes) is 30. The lowest BCUT2D eigenvalue weighted by Crippen LogP contribution is -2.41. The Balaban J connectivity index is 3.40. The van der Waals surface area contributed by atoms with Gasteiger partial charge in [-0.15, -0.1) is 0 Å². The van der Waals surface area contributed by atoms with Crippen LogP contribution in [0.5, 0.6) is 0 Å². The molecule has 0 saturated heterocycles. The van der Waals surface area contributed by atoms with Crippen LogP contribution in [0.3, 0.4) is 0 Å². The lowest BCUT2D eigenvalue weighted by molar-refractivity contribution is -0.123. The van der Waals surface area contributed by atoms with Crippen molar-refractivity contribution in [1.29, 1.82) is 0 Å². The second-order valence-corrected chi connectivity index (χ2v) is 15.8. The number of hydrogen-bond donors (Lipinski definition) is 2. The van der Waals surface area contributed by atoms with Gasteiger partial charge in [0.15, 0.2) is 0 Å². The third-order valence-electron chi connectivity index (χ3n) is 10.3. The first-order valence-corrected chi connectivity index (χ1v) is 23.0. The summed E-state index contributed by atoms with van der Waals surface area (Å²) in [6.07, 6.45) is 55.2. The van der Waals surface area contributed by atoms with Gasteiger partial charge in [0, 0.05) is 25.4 Å². The average Bonchev–Trinajstić information content (AvgIpc) is 3.12. The first-order chi connectivity index (χ1) is 25.1. The Bertz CT molecular complexity index is 776. The van der Waals surface area contributed by atoms with E-state index in [-0.39, 0.29) is 17.9 Å². The SMILES string of the molecule is CCCCCCCC/C=C\CCCCCCCCCCCC(=O)NCC(C)NC(=O)CCCCCCCCCCC/C=C\CCCCCCCC. The number of allylic oxidation sites excluding steroid dienone is 4. The van der Waals surface area contributed by atoms with Gasteiger partial charge in [-0.3, -0.25) is 9.59 Å². The lowest BCUT2D eigenvalue weighted by atomic mass is 10.1. The summed E-state index contributed by atoms with van der Waals surface area (Å²) in [5, 5.41) is 6.08. The summed E-state index contributed by atoms with van der Waals surface area (Å²) in [7, 11) is 0. The Morgan fingerprint density at radius 2 is 0.667 bits per heavy atom. The molecular formula is C47H90N2O2. The van der Waals surface area contributed by atoms with E-state index >= 15 is 0 Å². The third-order valence-corrected chi connectivity index (χ3v) is 10.3. The molecule has 0 fully saturated rings. The Morgan fingerprint density at radius 1 is 0.392 bits per heavy atom. The minimum atomic E-state index is -0.0154. The minimum absolute atomic E-state index is 0.0154. The zero-order chi connectivity index (χ0) is 37.1.